The van der Waals surface area contributed by atoms with Gasteiger partial charge in [0.15, 0.2) is 11.0 Å². The number of carbonyl (C=O) groups is 1. The van der Waals surface area contributed by atoms with Gasteiger partial charge in [-0.05, 0) is 50.1 Å². The molecule has 0 aliphatic rings. The van der Waals surface area contributed by atoms with Gasteiger partial charge >= 0.3 is 0 Å². The molecule has 1 N–H and O–H groups in total. The zero-order valence-corrected chi connectivity index (χ0v) is 18.7. The van der Waals surface area contributed by atoms with E-state index in [1.165, 1.54) is 5.56 Å². The molecule has 1 aromatic heterocycles. The van der Waals surface area contributed by atoms with E-state index in [0.29, 0.717) is 6.42 Å². The number of hydrogen-bond acceptors (Lipinski definition) is 5. The van der Waals surface area contributed by atoms with Crippen molar-refractivity contribution in [2.24, 2.45) is 0 Å². The van der Waals surface area contributed by atoms with Crippen LogP contribution in [0.1, 0.15) is 49.7 Å². The fourth-order valence-electron chi connectivity index (χ4n) is 3.11. The Hall–Kier alpha value is -2.80. The Morgan fingerprint density at radius 3 is 2.67 bits per heavy atom. The number of hydrogen-bond donors (Lipinski definition) is 1. The van der Waals surface area contributed by atoms with Crippen LogP contribution in [0.2, 0.25) is 0 Å². The fraction of sp³-hybridized carbons (Fsp3) is 0.348. The van der Waals surface area contributed by atoms with E-state index >= 15 is 0 Å². The molecule has 2 aromatic carbocycles. The molecular formula is C23H28N4O2S. The van der Waals surface area contributed by atoms with Crippen molar-refractivity contribution >= 4 is 17.7 Å². The van der Waals surface area contributed by atoms with Crippen LogP contribution < -0.4 is 10.1 Å². The largest absolute Gasteiger partial charge is 0.497 e. The van der Waals surface area contributed by atoms with E-state index < -0.39 is 0 Å². The first kappa shape index (κ1) is 21.9. The van der Waals surface area contributed by atoms with Gasteiger partial charge in [-0.1, -0.05) is 48.5 Å². The van der Waals surface area contributed by atoms with Crippen LogP contribution in [0.25, 0.3) is 5.69 Å². The van der Waals surface area contributed by atoms with Crippen molar-refractivity contribution in [3.05, 3.63) is 65.5 Å². The molecule has 1 heterocycles. The van der Waals surface area contributed by atoms with E-state index in [0.717, 1.165) is 40.2 Å². The minimum atomic E-state index is -0.246. The number of amides is 1. The van der Waals surface area contributed by atoms with E-state index in [9.17, 15) is 4.79 Å². The summed E-state index contributed by atoms with van der Waals surface area (Å²) in [6.07, 6.45) is 1.31. The second-order valence-corrected chi connectivity index (χ2v) is 8.13. The Morgan fingerprint density at radius 2 is 1.97 bits per heavy atom. The van der Waals surface area contributed by atoms with Gasteiger partial charge < -0.3 is 10.1 Å². The summed E-state index contributed by atoms with van der Waals surface area (Å²) in [4.78, 5) is 12.1. The van der Waals surface area contributed by atoms with Gasteiger partial charge in [-0.15, -0.1) is 10.2 Å². The minimum Gasteiger partial charge on any atom is -0.497 e. The second kappa shape index (κ2) is 10.3. The smallest absolute Gasteiger partial charge is 0.220 e. The summed E-state index contributed by atoms with van der Waals surface area (Å²) < 4.78 is 7.35. The molecule has 158 valence electrons. The fourth-order valence-corrected chi connectivity index (χ4v) is 4.01. The lowest BCUT2D eigenvalue weighted by Crippen LogP contribution is -2.28. The van der Waals surface area contributed by atoms with E-state index in [-0.39, 0.29) is 11.9 Å². The number of ether oxygens (including phenoxy) is 1. The van der Waals surface area contributed by atoms with E-state index in [1.54, 1.807) is 18.9 Å². The molecule has 0 spiro atoms. The SMILES string of the molecule is CCCC(=O)N[C@H](C)c1nnc(SCc2cccc(OC)c2)n1-c1ccc(C)cc1. The molecule has 7 heteroatoms. The highest BCUT2D eigenvalue weighted by Crippen LogP contribution is 2.28. The van der Waals surface area contributed by atoms with Gasteiger partial charge in [-0.25, -0.2) is 0 Å². The summed E-state index contributed by atoms with van der Waals surface area (Å²) in [5.74, 6) is 2.31. The van der Waals surface area contributed by atoms with E-state index in [4.69, 9.17) is 4.74 Å². The molecule has 0 bridgehead atoms. The third-order valence-corrected chi connectivity index (χ3v) is 5.69. The number of methoxy groups -OCH3 is 1. The Kier molecular flexibility index (Phi) is 7.52. The molecule has 0 fully saturated rings. The zero-order chi connectivity index (χ0) is 21.5. The zero-order valence-electron chi connectivity index (χ0n) is 17.9. The monoisotopic (exact) mass is 424 g/mol. The molecule has 1 amide bonds. The maximum atomic E-state index is 12.1. The molecule has 3 aromatic rings. The molecule has 1 atom stereocenters. The van der Waals surface area contributed by atoms with Crippen LogP contribution in [0.5, 0.6) is 5.75 Å². The number of rotatable bonds is 9. The number of nitrogens with zero attached hydrogens (tertiary/aromatic N) is 3. The Morgan fingerprint density at radius 1 is 1.20 bits per heavy atom. The first-order valence-corrected chi connectivity index (χ1v) is 11.1. The average Bonchev–Trinajstić information content (AvgIpc) is 3.17. The highest BCUT2D eigenvalue weighted by Gasteiger charge is 2.21. The molecule has 30 heavy (non-hydrogen) atoms. The first-order chi connectivity index (χ1) is 14.5. The van der Waals surface area contributed by atoms with Crippen molar-refractivity contribution in [3.8, 4) is 11.4 Å². The summed E-state index contributed by atoms with van der Waals surface area (Å²) in [6, 6.07) is 16.0. The van der Waals surface area contributed by atoms with Crippen molar-refractivity contribution in [2.45, 2.75) is 50.6 Å². The third kappa shape index (κ3) is 5.42. The summed E-state index contributed by atoms with van der Waals surface area (Å²) >= 11 is 1.61. The summed E-state index contributed by atoms with van der Waals surface area (Å²) in [7, 11) is 1.67. The van der Waals surface area contributed by atoms with Gasteiger partial charge in [0.05, 0.1) is 13.2 Å². The number of benzene rings is 2. The van der Waals surface area contributed by atoms with Crippen LogP contribution in [-0.2, 0) is 10.5 Å². The lowest BCUT2D eigenvalue weighted by Gasteiger charge is -2.16. The molecule has 0 unspecified atom stereocenters. The maximum absolute atomic E-state index is 12.1. The van der Waals surface area contributed by atoms with Crippen LogP contribution in [0.15, 0.2) is 53.7 Å². The molecule has 6 nitrogen and oxygen atoms in total. The predicted octanol–water partition coefficient (Wildman–Crippen LogP) is 4.85. The van der Waals surface area contributed by atoms with Gasteiger partial charge in [0.1, 0.15) is 5.75 Å². The van der Waals surface area contributed by atoms with Gasteiger partial charge in [-0.3, -0.25) is 9.36 Å². The lowest BCUT2D eigenvalue weighted by molar-refractivity contribution is -0.121. The third-order valence-electron chi connectivity index (χ3n) is 4.69. The molecule has 0 radical (unpaired) electrons. The molecule has 0 saturated carbocycles. The first-order valence-electron chi connectivity index (χ1n) is 10.1. The quantitative estimate of drug-likeness (QED) is 0.497. The highest BCUT2D eigenvalue weighted by atomic mass is 32.2. The summed E-state index contributed by atoms with van der Waals surface area (Å²) in [6.45, 7) is 5.99. The van der Waals surface area contributed by atoms with Crippen molar-refractivity contribution < 1.29 is 9.53 Å². The van der Waals surface area contributed by atoms with Gasteiger partial charge in [0.25, 0.3) is 0 Å². The molecule has 3 rings (SSSR count). The molecular weight excluding hydrogens is 396 g/mol. The van der Waals surface area contributed by atoms with Crippen LogP contribution in [0.3, 0.4) is 0 Å². The Bertz CT molecular complexity index is 985. The maximum Gasteiger partial charge on any atom is 0.220 e. The molecule has 0 saturated heterocycles. The normalized spacial score (nSPS) is 11.9. The molecule has 0 aliphatic heterocycles. The topological polar surface area (TPSA) is 69.0 Å². The van der Waals surface area contributed by atoms with Crippen LogP contribution in [0, 0.1) is 6.92 Å². The summed E-state index contributed by atoms with van der Waals surface area (Å²) in [5.41, 5.74) is 3.30. The Labute approximate surface area is 182 Å². The van der Waals surface area contributed by atoms with E-state index in [2.05, 4.69) is 52.8 Å². The standard InChI is InChI=1S/C23H28N4O2S/c1-5-7-21(28)24-17(3)22-25-26-23(27(22)19-12-10-16(2)11-13-19)30-15-18-8-6-9-20(14-18)29-4/h6,8-14,17H,5,7,15H2,1-4H3,(H,24,28)/t17-/m1/s1. The van der Waals surface area contributed by atoms with Gasteiger partial charge in [0.2, 0.25) is 5.91 Å². The van der Waals surface area contributed by atoms with Crippen molar-refractivity contribution in [2.75, 3.05) is 7.11 Å². The van der Waals surface area contributed by atoms with Crippen molar-refractivity contribution in [1.82, 2.24) is 20.1 Å². The van der Waals surface area contributed by atoms with Crippen LogP contribution in [-0.4, -0.2) is 27.8 Å². The predicted molar refractivity (Wildman–Crippen MR) is 120 cm³/mol. The average molecular weight is 425 g/mol. The number of thioether (sulfide) groups is 1. The number of carbonyl (C=O) groups excluding carboxylic acids is 1. The van der Waals surface area contributed by atoms with Crippen LogP contribution >= 0.6 is 11.8 Å². The Balaban J connectivity index is 1.89. The second-order valence-electron chi connectivity index (χ2n) is 7.19. The van der Waals surface area contributed by atoms with E-state index in [1.807, 2.05) is 36.6 Å². The van der Waals surface area contributed by atoms with Gasteiger partial charge in [0, 0.05) is 17.9 Å². The van der Waals surface area contributed by atoms with Gasteiger partial charge in [-0.2, -0.15) is 0 Å². The highest BCUT2D eigenvalue weighted by molar-refractivity contribution is 7.98. The van der Waals surface area contributed by atoms with Crippen molar-refractivity contribution in [3.63, 3.8) is 0 Å². The number of aryl methyl sites for hydroxylation is 1. The van der Waals surface area contributed by atoms with Crippen molar-refractivity contribution in [1.29, 1.82) is 0 Å². The minimum absolute atomic E-state index is 0.0223. The number of aromatic nitrogens is 3. The summed E-state index contributed by atoms with van der Waals surface area (Å²) in [5, 5.41) is 12.7. The lowest BCUT2D eigenvalue weighted by atomic mass is 10.2. The van der Waals surface area contributed by atoms with Crippen LogP contribution in [0.4, 0.5) is 0 Å². The number of nitrogens with one attached hydrogen (secondary N) is 1. The molecule has 0 aliphatic carbocycles.